The van der Waals surface area contributed by atoms with Crippen LogP contribution in [-0.2, 0) is 25.0 Å². The minimum atomic E-state index is -0.161. The molecular weight excluding hydrogens is 1100 g/mol. The van der Waals surface area contributed by atoms with Crippen LogP contribution < -0.4 is 32.2 Å². The zero-order chi connectivity index (χ0) is 42.5. The van der Waals surface area contributed by atoms with Crippen molar-refractivity contribution in [2.45, 2.75) is 46.0 Å². The van der Waals surface area contributed by atoms with E-state index in [9.17, 15) is 0 Å². The van der Waals surface area contributed by atoms with Crippen molar-refractivity contribution in [3.8, 4) is 23.0 Å². The van der Waals surface area contributed by atoms with Crippen molar-refractivity contribution in [1.29, 1.82) is 0 Å². The Bertz CT molecular complexity index is 1470. The summed E-state index contributed by atoms with van der Waals surface area (Å²) in [6.07, 6.45) is 0. The summed E-state index contributed by atoms with van der Waals surface area (Å²) in [5, 5.41) is 34.9. The number of aliphatic hydroxyl groups is 4. The summed E-state index contributed by atoms with van der Waals surface area (Å²) in [6, 6.07) is 32.0. The summed E-state index contributed by atoms with van der Waals surface area (Å²) in [4.78, 5) is 0. The van der Waals surface area contributed by atoms with Gasteiger partial charge in [-0.25, -0.2) is 0 Å². The Morgan fingerprint density at radius 1 is 0.441 bits per heavy atom. The number of ether oxygens (including phenoxy) is 7. The van der Waals surface area contributed by atoms with Crippen LogP contribution in [0.3, 0.4) is 0 Å². The van der Waals surface area contributed by atoms with Gasteiger partial charge in [0.2, 0.25) is 0 Å². The molecule has 0 atom stereocenters. The molecule has 59 heavy (non-hydrogen) atoms. The molecule has 332 valence electrons. The second-order valence-corrected chi connectivity index (χ2v) is 29.8. The average Bonchev–Trinajstić information content (AvgIpc) is 4.14. The molecule has 14 heteroatoms. The van der Waals surface area contributed by atoms with Crippen LogP contribution in [0.15, 0.2) is 97.1 Å². The van der Waals surface area contributed by atoms with E-state index in [-0.39, 0.29) is 44.7 Å². The molecule has 0 aliphatic carbocycles. The standard InChI is InChI=1S/C23H32O6.C19H24O4.C2H4O.CH4.I3/c1-23(2,19-3-7-21(8-4-19)28-17-15-26-13-11-24)20-5-9-22(10-6-20)29-18-16-27-14-12-25;1-19(2,15-3-7-17(8-4-15)22-13-11-20)16-5-9-18(10-6-16)23-14-12-21;1-2-3-1;;1-3-2/h3-10,24-25H,11-18H2,1-2H3;3-10,20-21H,11-14H2,1-2H3;1-2H2;1H4;/q;;;;-1. The van der Waals surface area contributed by atoms with Gasteiger partial charge in [0.25, 0.3) is 0 Å². The van der Waals surface area contributed by atoms with Crippen molar-refractivity contribution in [3.05, 3.63) is 119 Å². The van der Waals surface area contributed by atoms with E-state index < -0.39 is 0 Å². The molecule has 0 aromatic heterocycles. The third kappa shape index (κ3) is 22.6. The molecule has 11 nitrogen and oxygen atoms in total. The first kappa shape index (κ1) is 55.0. The molecule has 0 radical (unpaired) electrons. The number of aliphatic hydroxyl groups excluding tert-OH is 4. The second kappa shape index (κ2) is 32.7. The fraction of sp³-hybridized carbons (Fsp3) is 0.467. The van der Waals surface area contributed by atoms with Crippen LogP contribution in [0, 0.1) is 0 Å². The molecule has 4 aromatic rings. The maximum atomic E-state index is 8.79. The number of hydrogen-bond acceptors (Lipinski definition) is 11. The van der Waals surface area contributed by atoms with Crippen molar-refractivity contribution in [2.75, 3.05) is 92.5 Å². The van der Waals surface area contributed by atoms with Gasteiger partial charge in [-0.3, -0.25) is 0 Å². The Balaban J connectivity index is 0.000000518. The molecular formula is C45H64I3O11-. The first-order chi connectivity index (χ1) is 28.1. The van der Waals surface area contributed by atoms with Gasteiger partial charge in [0.1, 0.15) is 49.4 Å². The van der Waals surface area contributed by atoms with Crippen molar-refractivity contribution in [3.63, 3.8) is 0 Å². The number of halogens is 3. The SMILES string of the molecule is C.C1CO1.CC(C)(c1ccc(OCCO)cc1)c1ccc(OCCO)cc1.CC(C)(c1ccc(OCCOCCO)cc1)c1ccc(OCCOCCO)cc1.I[I-]I. The minimum absolute atomic E-state index is 0. The van der Waals surface area contributed by atoms with E-state index in [0.29, 0.717) is 66.1 Å². The van der Waals surface area contributed by atoms with Gasteiger partial charge < -0.3 is 53.6 Å². The summed E-state index contributed by atoms with van der Waals surface area (Å²) in [5.41, 5.74) is 4.42. The Hall–Kier alpha value is -2.01. The van der Waals surface area contributed by atoms with Gasteiger partial charge >= 0.3 is 50.5 Å². The van der Waals surface area contributed by atoms with E-state index >= 15 is 0 Å². The molecule has 0 saturated carbocycles. The van der Waals surface area contributed by atoms with E-state index in [1.54, 1.807) is 0 Å². The van der Waals surface area contributed by atoms with Gasteiger partial charge in [-0.15, -0.1) is 0 Å². The average molecular weight is 1160 g/mol. The molecule has 1 saturated heterocycles. The fourth-order valence-corrected chi connectivity index (χ4v) is 5.30. The summed E-state index contributed by atoms with van der Waals surface area (Å²) in [6.45, 7) is 13.9. The van der Waals surface area contributed by atoms with Crippen LogP contribution >= 0.6 is 37.2 Å². The van der Waals surface area contributed by atoms with Crippen molar-refractivity contribution >= 4 is 37.2 Å². The van der Waals surface area contributed by atoms with Crippen LogP contribution in [0.25, 0.3) is 0 Å². The van der Waals surface area contributed by atoms with E-state index in [2.05, 4.69) is 93.9 Å². The first-order valence-electron chi connectivity index (χ1n) is 19.0. The molecule has 1 heterocycles. The van der Waals surface area contributed by atoms with Crippen molar-refractivity contribution < 1.29 is 66.8 Å². The number of epoxide rings is 1. The normalized spacial score (nSPS) is 11.6. The molecule has 0 amide bonds. The quantitative estimate of drug-likeness (QED) is 0.0481. The zero-order valence-electron chi connectivity index (χ0n) is 33.9. The van der Waals surface area contributed by atoms with E-state index in [0.717, 1.165) is 36.2 Å². The Kier molecular flexibility index (Phi) is 30.5. The van der Waals surface area contributed by atoms with Crippen molar-refractivity contribution in [1.82, 2.24) is 0 Å². The Morgan fingerprint density at radius 3 is 0.864 bits per heavy atom. The predicted octanol–water partition coefficient (Wildman–Crippen LogP) is 4.97. The van der Waals surface area contributed by atoms with Crippen LogP contribution in [0.2, 0.25) is 0 Å². The van der Waals surface area contributed by atoms with Crippen LogP contribution in [0.5, 0.6) is 23.0 Å². The van der Waals surface area contributed by atoms with Crippen molar-refractivity contribution in [2.24, 2.45) is 0 Å². The summed E-state index contributed by atoms with van der Waals surface area (Å²) >= 11 is 5.30. The van der Waals surface area contributed by atoms with Gasteiger partial charge in [-0.1, -0.05) is 83.7 Å². The molecule has 1 aliphatic heterocycles. The molecule has 4 N–H and O–H groups in total. The summed E-state index contributed by atoms with van der Waals surface area (Å²) in [7, 11) is 0. The maximum absolute atomic E-state index is 8.79. The fourth-order valence-electron chi connectivity index (χ4n) is 5.30. The third-order valence-electron chi connectivity index (χ3n) is 8.69. The van der Waals surface area contributed by atoms with Gasteiger partial charge in [0.15, 0.2) is 0 Å². The van der Waals surface area contributed by atoms with Crippen LogP contribution in [-0.4, -0.2) is 113 Å². The van der Waals surface area contributed by atoms with E-state index in [1.165, 1.54) is 22.3 Å². The molecule has 1 aliphatic rings. The van der Waals surface area contributed by atoms with Gasteiger partial charge in [-0.2, -0.15) is 0 Å². The topological polar surface area (TPSA) is 149 Å². The first-order valence-corrected chi connectivity index (χ1v) is 31.6. The van der Waals surface area contributed by atoms with Crippen LogP contribution in [0.4, 0.5) is 0 Å². The number of benzene rings is 4. The van der Waals surface area contributed by atoms with Gasteiger partial charge in [0, 0.05) is 10.8 Å². The second-order valence-electron chi connectivity index (χ2n) is 13.5. The van der Waals surface area contributed by atoms with Crippen LogP contribution in [0.1, 0.15) is 57.4 Å². The molecule has 0 spiro atoms. The monoisotopic (exact) mass is 1160 g/mol. The molecule has 4 aromatic carbocycles. The molecule has 0 bridgehead atoms. The third-order valence-corrected chi connectivity index (χ3v) is 8.69. The van der Waals surface area contributed by atoms with Gasteiger partial charge in [-0.05, 0) is 70.8 Å². The number of hydrogen-bond donors (Lipinski definition) is 4. The van der Waals surface area contributed by atoms with E-state index in [4.69, 9.17) is 48.8 Å². The zero-order valence-corrected chi connectivity index (χ0v) is 40.4. The van der Waals surface area contributed by atoms with Gasteiger partial charge in [0.05, 0.1) is 66.1 Å². The predicted molar refractivity (Wildman–Crippen MR) is 248 cm³/mol. The molecule has 1 fully saturated rings. The molecule has 5 rings (SSSR count). The summed E-state index contributed by atoms with van der Waals surface area (Å²) < 4.78 is 37.0. The summed E-state index contributed by atoms with van der Waals surface area (Å²) in [5.74, 6) is 3.10. The Labute approximate surface area is 381 Å². The van der Waals surface area contributed by atoms with E-state index in [1.807, 2.05) is 72.8 Å². The Morgan fingerprint density at radius 2 is 0.661 bits per heavy atom. The number of rotatable bonds is 22. The molecule has 0 unspecified atom stereocenters.